The highest BCUT2D eigenvalue weighted by atomic mass is 32.2. The molecule has 0 spiro atoms. The van der Waals surface area contributed by atoms with Crippen LogP contribution < -0.4 is 0 Å². The van der Waals surface area contributed by atoms with Gasteiger partial charge in [-0.2, -0.15) is 0 Å². The quantitative estimate of drug-likeness (QED) is 0.829. The number of benzene rings is 1. The molecular formula is C12H12FNOS. The molecule has 2 rings (SSSR count). The Kier molecular flexibility index (Phi) is 3.19. The second-order valence-corrected chi connectivity index (χ2v) is 4.63. The lowest BCUT2D eigenvalue weighted by Gasteiger charge is -2.00. The van der Waals surface area contributed by atoms with Gasteiger partial charge in [-0.1, -0.05) is 0 Å². The van der Waals surface area contributed by atoms with Crippen molar-refractivity contribution in [2.24, 2.45) is 7.05 Å². The molecule has 0 atom stereocenters. The van der Waals surface area contributed by atoms with Crippen molar-refractivity contribution in [2.75, 3.05) is 0 Å². The zero-order valence-electron chi connectivity index (χ0n) is 8.85. The van der Waals surface area contributed by atoms with Crippen LogP contribution in [0.2, 0.25) is 0 Å². The molecule has 0 bridgehead atoms. The van der Waals surface area contributed by atoms with Gasteiger partial charge in [0.15, 0.2) is 0 Å². The lowest BCUT2D eigenvalue weighted by Crippen LogP contribution is -1.81. The van der Waals surface area contributed by atoms with Crippen molar-refractivity contribution in [1.82, 2.24) is 4.57 Å². The van der Waals surface area contributed by atoms with E-state index in [9.17, 15) is 9.50 Å². The maximum atomic E-state index is 12.7. The number of hydrogen-bond acceptors (Lipinski definition) is 2. The fourth-order valence-corrected chi connectivity index (χ4v) is 2.30. The van der Waals surface area contributed by atoms with Crippen LogP contribution in [0.15, 0.2) is 41.6 Å². The number of thioether (sulfide) groups is 1. The van der Waals surface area contributed by atoms with Crippen molar-refractivity contribution in [3.8, 4) is 5.75 Å². The number of halogens is 1. The van der Waals surface area contributed by atoms with Gasteiger partial charge < -0.3 is 9.67 Å². The molecule has 2 aromatic rings. The van der Waals surface area contributed by atoms with Crippen LogP contribution in [0.3, 0.4) is 0 Å². The van der Waals surface area contributed by atoms with Crippen LogP contribution >= 0.6 is 11.8 Å². The van der Waals surface area contributed by atoms with E-state index >= 15 is 0 Å². The van der Waals surface area contributed by atoms with Crippen LogP contribution in [0.4, 0.5) is 4.39 Å². The molecule has 4 heteroatoms. The van der Waals surface area contributed by atoms with E-state index in [4.69, 9.17) is 0 Å². The summed E-state index contributed by atoms with van der Waals surface area (Å²) >= 11 is 1.57. The number of rotatable bonds is 3. The minimum absolute atomic E-state index is 0.230. The Morgan fingerprint density at radius 2 is 1.94 bits per heavy atom. The fraction of sp³-hybridized carbons (Fsp3) is 0.167. The lowest BCUT2D eigenvalue weighted by molar-refractivity contribution is 0.470. The molecule has 84 valence electrons. The van der Waals surface area contributed by atoms with Gasteiger partial charge in [0.1, 0.15) is 11.6 Å². The van der Waals surface area contributed by atoms with Crippen molar-refractivity contribution in [3.63, 3.8) is 0 Å². The highest BCUT2D eigenvalue weighted by Gasteiger charge is 2.04. The molecule has 0 amide bonds. The second-order valence-electron chi connectivity index (χ2n) is 3.58. The largest absolute Gasteiger partial charge is 0.506 e. The number of nitrogens with zero attached hydrogens (tertiary/aromatic N) is 1. The van der Waals surface area contributed by atoms with E-state index < -0.39 is 0 Å². The van der Waals surface area contributed by atoms with Gasteiger partial charge in [0.2, 0.25) is 0 Å². The third-order valence-corrected chi connectivity index (χ3v) is 3.28. The first-order valence-corrected chi connectivity index (χ1v) is 5.86. The van der Waals surface area contributed by atoms with E-state index in [1.807, 2.05) is 17.8 Å². The standard InChI is InChI=1S/C12H12FNOS/c1-14-6-9(12(15)7-14)8-16-11-4-2-10(13)3-5-11/h2-7,15H,8H2,1H3. The highest BCUT2D eigenvalue weighted by molar-refractivity contribution is 7.98. The molecule has 1 N–H and O–H groups in total. The second kappa shape index (κ2) is 4.61. The Morgan fingerprint density at radius 1 is 1.25 bits per heavy atom. The molecule has 0 radical (unpaired) electrons. The highest BCUT2D eigenvalue weighted by Crippen LogP contribution is 2.27. The van der Waals surface area contributed by atoms with E-state index in [0.717, 1.165) is 10.5 Å². The van der Waals surface area contributed by atoms with Crippen LogP contribution in [0.25, 0.3) is 0 Å². The summed E-state index contributed by atoms with van der Waals surface area (Å²) in [7, 11) is 1.87. The molecule has 0 unspecified atom stereocenters. The topological polar surface area (TPSA) is 25.2 Å². The van der Waals surface area contributed by atoms with Crippen LogP contribution in [0.5, 0.6) is 5.75 Å². The molecule has 2 nitrogen and oxygen atoms in total. The smallest absolute Gasteiger partial charge is 0.137 e. The monoisotopic (exact) mass is 237 g/mol. The van der Waals surface area contributed by atoms with Gasteiger partial charge in [-0.3, -0.25) is 0 Å². The maximum absolute atomic E-state index is 12.7. The molecule has 0 saturated heterocycles. The predicted molar refractivity (Wildman–Crippen MR) is 63.0 cm³/mol. The van der Waals surface area contributed by atoms with Gasteiger partial charge in [-0.15, -0.1) is 11.8 Å². The molecule has 0 aliphatic carbocycles. The number of aromatic nitrogens is 1. The summed E-state index contributed by atoms with van der Waals surface area (Å²) in [6.07, 6.45) is 3.55. The molecule has 1 heterocycles. The Morgan fingerprint density at radius 3 is 2.50 bits per heavy atom. The van der Waals surface area contributed by atoms with Crippen LogP contribution in [0, 0.1) is 5.82 Å². The molecule has 0 fully saturated rings. The molecule has 1 aromatic heterocycles. The van der Waals surface area contributed by atoms with Gasteiger partial charge >= 0.3 is 0 Å². The summed E-state index contributed by atoms with van der Waals surface area (Å²) in [6.45, 7) is 0. The molecular weight excluding hydrogens is 225 g/mol. The van der Waals surface area contributed by atoms with E-state index in [1.54, 1.807) is 30.1 Å². The van der Waals surface area contributed by atoms with E-state index in [2.05, 4.69) is 0 Å². The zero-order valence-corrected chi connectivity index (χ0v) is 9.67. The predicted octanol–water partition coefficient (Wildman–Crippen LogP) is 3.16. The summed E-state index contributed by atoms with van der Waals surface area (Å²) in [6, 6.07) is 6.35. The summed E-state index contributed by atoms with van der Waals surface area (Å²) < 4.78 is 14.5. The van der Waals surface area contributed by atoms with Crippen LogP contribution in [-0.4, -0.2) is 9.67 Å². The third-order valence-electron chi connectivity index (χ3n) is 2.22. The average Bonchev–Trinajstić information content (AvgIpc) is 2.57. The SMILES string of the molecule is Cn1cc(O)c(CSc2ccc(F)cc2)c1. The van der Waals surface area contributed by atoms with Crippen molar-refractivity contribution in [1.29, 1.82) is 0 Å². The van der Waals surface area contributed by atoms with Gasteiger partial charge in [0.25, 0.3) is 0 Å². The first kappa shape index (κ1) is 11.1. The summed E-state index contributed by atoms with van der Waals surface area (Å²) in [5.41, 5.74) is 0.886. The Labute approximate surface area is 97.7 Å². The number of aryl methyl sites for hydroxylation is 1. The number of aromatic hydroxyl groups is 1. The average molecular weight is 237 g/mol. The van der Waals surface area contributed by atoms with Gasteiger partial charge in [-0.05, 0) is 24.3 Å². The first-order chi connectivity index (χ1) is 7.65. The Bertz CT molecular complexity index is 478. The minimum atomic E-state index is -0.230. The van der Waals surface area contributed by atoms with Gasteiger partial charge in [-0.25, -0.2) is 4.39 Å². The number of hydrogen-bond donors (Lipinski definition) is 1. The minimum Gasteiger partial charge on any atom is -0.506 e. The molecule has 0 aliphatic rings. The third kappa shape index (κ3) is 2.58. The van der Waals surface area contributed by atoms with E-state index in [1.165, 1.54) is 12.1 Å². The van der Waals surface area contributed by atoms with Crippen molar-refractivity contribution >= 4 is 11.8 Å². The maximum Gasteiger partial charge on any atom is 0.137 e. The van der Waals surface area contributed by atoms with Crippen molar-refractivity contribution in [2.45, 2.75) is 10.6 Å². The van der Waals surface area contributed by atoms with Crippen LogP contribution in [0.1, 0.15) is 5.56 Å². The Hall–Kier alpha value is -1.42. The lowest BCUT2D eigenvalue weighted by atomic mass is 10.3. The molecule has 16 heavy (non-hydrogen) atoms. The summed E-state index contributed by atoms with van der Waals surface area (Å²) in [5.74, 6) is 0.752. The first-order valence-electron chi connectivity index (χ1n) is 4.87. The Balaban J connectivity index is 2.02. The zero-order chi connectivity index (χ0) is 11.5. The van der Waals surface area contributed by atoms with E-state index in [-0.39, 0.29) is 5.82 Å². The summed E-state index contributed by atoms with van der Waals surface area (Å²) in [5, 5.41) is 9.56. The van der Waals surface area contributed by atoms with Gasteiger partial charge in [0, 0.05) is 35.7 Å². The fourth-order valence-electron chi connectivity index (χ4n) is 1.43. The molecule has 1 aromatic carbocycles. The normalized spacial score (nSPS) is 10.6. The van der Waals surface area contributed by atoms with E-state index in [0.29, 0.717) is 11.5 Å². The van der Waals surface area contributed by atoms with Gasteiger partial charge in [0.05, 0.1) is 0 Å². The molecule has 0 saturated carbocycles. The summed E-state index contributed by atoms with van der Waals surface area (Å²) in [4.78, 5) is 0.990. The van der Waals surface area contributed by atoms with Crippen LogP contribution in [-0.2, 0) is 12.8 Å². The van der Waals surface area contributed by atoms with Crippen molar-refractivity contribution < 1.29 is 9.50 Å². The molecule has 0 aliphatic heterocycles. The van der Waals surface area contributed by atoms with Crippen molar-refractivity contribution in [3.05, 3.63) is 48.0 Å².